The normalized spacial score (nSPS) is 10.7. The number of carbonyl (C=O) groups is 1. The molecule has 0 aliphatic rings. The van der Waals surface area contributed by atoms with Crippen molar-refractivity contribution < 1.29 is 9.53 Å². The lowest BCUT2D eigenvalue weighted by molar-refractivity contribution is 0.102. The molecule has 0 heterocycles. The van der Waals surface area contributed by atoms with Gasteiger partial charge in [-0.25, -0.2) is 4.79 Å². The maximum absolute atomic E-state index is 11.7. The zero-order chi connectivity index (χ0) is 13.8. The molecule has 1 amide bonds. The summed E-state index contributed by atoms with van der Waals surface area (Å²) in [7, 11) is 0. The average molecular weight is 257 g/mol. The van der Waals surface area contributed by atoms with Crippen LogP contribution in [0.15, 0.2) is 0 Å². The molecule has 0 atom stereocenters. The molecule has 108 valence electrons. The molecule has 0 saturated heterocycles. The fourth-order valence-corrected chi connectivity index (χ4v) is 2.00. The van der Waals surface area contributed by atoms with Crippen LogP contribution in [0.25, 0.3) is 0 Å². The van der Waals surface area contributed by atoms with Crippen LogP contribution in [0.4, 0.5) is 4.79 Å². The van der Waals surface area contributed by atoms with Gasteiger partial charge in [0.15, 0.2) is 0 Å². The van der Waals surface area contributed by atoms with Crippen molar-refractivity contribution in [2.75, 3.05) is 19.7 Å². The largest absolute Gasteiger partial charge is 0.450 e. The van der Waals surface area contributed by atoms with Crippen molar-refractivity contribution in [3.63, 3.8) is 0 Å². The van der Waals surface area contributed by atoms with Gasteiger partial charge in [-0.15, -0.1) is 0 Å². The number of carbonyl (C=O) groups excluding carboxylic acids is 1. The SMILES string of the molecule is CCCCCCCCN(CC(C)C)C(=O)OCC. The summed E-state index contributed by atoms with van der Waals surface area (Å²) in [5.74, 6) is 0.495. The van der Waals surface area contributed by atoms with E-state index in [9.17, 15) is 4.79 Å². The summed E-state index contributed by atoms with van der Waals surface area (Å²) in [4.78, 5) is 13.6. The molecule has 0 fully saturated rings. The lowest BCUT2D eigenvalue weighted by Gasteiger charge is -2.23. The highest BCUT2D eigenvalue weighted by atomic mass is 16.6. The highest BCUT2D eigenvalue weighted by Crippen LogP contribution is 2.08. The molecule has 0 aromatic carbocycles. The van der Waals surface area contributed by atoms with E-state index in [1.807, 2.05) is 11.8 Å². The minimum Gasteiger partial charge on any atom is -0.450 e. The van der Waals surface area contributed by atoms with Crippen LogP contribution in [0.3, 0.4) is 0 Å². The molecule has 0 unspecified atom stereocenters. The molecule has 0 rings (SSSR count). The predicted octanol–water partition coefficient (Wildman–Crippen LogP) is 4.46. The first-order valence-electron chi connectivity index (χ1n) is 7.53. The van der Waals surface area contributed by atoms with Gasteiger partial charge in [-0.3, -0.25) is 0 Å². The van der Waals surface area contributed by atoms with E-state index < -0.39 is 0 Å². The van der Waals surface area contributed by atoms with E-state index in [1.54, 1.807) is 0 Å². The second-order valence-electron chi connectivity index (χ2n) is 5.31. The number of rotatable bonds is 10. The number of nitrogens with zero attached hydrogens (tertiary/aromatic N) is 1. The molecular weight excluding hydrogens is 226 g/mol. The molecule has 0 aliphatic heterocycles. The molecule has 3 heteroatoms. The molecule has 0 N–H and O–H groups in total. The number of ether oxygens (including phenoxy) is 1. The van der Waals surface area contributed by atoms with Crippen molar-refractivity contribution >= 4 is 6.09 Å². The third-order valence-corrected chi connectivity index (χ3v) is 2.89. The van der Waals surface area contributed by atoms with Crippen LogP contribution in [0, 0.1) is 5.92 Å². The number of amides is 1. The van der Waals surface area contributed by atoms with Gasteiger partial charge in [-0.05, 0) is 19.3 Å². The standard InChI is InChI=1S/C15H31NO2/c1-5-7-8-9-10-11-12-16(13-14(3)4)15(17)18-6-2/h14H,5-13H2,1-4H3. The maximum Gasteiger partial charge on any atom is 0.409 e. The van der Waals surface area contributed by atoms with Gasteiger partial charge < -0.3 is 9.64 Å². The van der Waals surface area contributed by atoms with E-state index in [1.165, 1.54) is 32.1 Å². The van der Waals surface area contributed by atoms with Gasteiger partial charge in [0.05, 0.1) is 6.61 Å². The lowest BCUT2D eigenvalue weighted by atomic mass is 10.1. The first kappa shape index (κ1) is 17.3. The van der Waals surface area contributed by atoms with Crippen molar-refractivity contribution in [1.82, 2.24) is 4.90 Å². The van der Waals surface area contributed by atoms with Crippen molar-refractivity contribution in [3.8, 4) is 0 Å². The Morgan fingerprint density at radius 1 is 1.06 bits per heavy atom. The average Bonchev–Trinajstić information content (AvgIpc) is 2.32. The topological polar surface area (TPSA) is 29.5 Å². The van der Waals surface area contributed by atoms with E-state index in [2.05, 4.69) is 20.8 Å². The molecule has 0 radical (unpaired) electrons. The third-order valence-electron chi connectivity index (χ3n) is 2.89. The Labute approximate surface area is 113 Å². The van der Waals surface area contributed by atoms with Crippen molar-refractivity contribution in [2.45, 2.75) is 66.2 Å². The van der Waals surface area contributed by atoms with Crippen LogP contribution in [0.5, 0.6) is 0 Å². The summed E-state index contributed by atoms with van der Waals surface area (Å²) in [6.07, 6.45) is 7.37. The molecule has 0 aromatic heterocycles. The van der Waals surface area contributed by atoms with Crippen molar-refractivity contribution in [2.24, 2.45) is 5.92 Å². The quantitative estimate of drug-likeness (QED) is 0.541. The number of hydrogen-bond acceptors (Lipinski definition) is 2. The molecular formula is C15H31NO2. The summed E-state index contributed by atoms with van der Waals surface area (Å²) in [5.41, 5.74) is 0. The third kappa shape index (κ3) is 9.32. The minimum atomic E-state index is -0.153. The minimum absolute atomic E-state index is 0.153. The van der Waals surface area contributed by atoms with E-state index in [0.29, 0.717) is 12.5 Å². The second kappa shape index (κ2) is 11.4. The van der Waals surface area contributed by atoms with E-state index >= 15 is 0 Å². The Kier molecular flexibility index (Phi) is 10.9. The summed E-state index contributed by atoms with van der Waals surface area (Å²) < 4.78 is 5.09. The van der Waals surface area contributed by atoms with Crippen LogP contribution >= 0.6 is 0 Å². The van der Waals surface area contributed by atoms with Gasteiger partial charge in [0.1, 0.15) is 0 Å². The monoisotopic (exact) mass is 257 g/mol. The molecule has 0 spiro atoms. The van der Waals surface area contributed by atoms with E-state index in [-0.39, 0.29) is 6.09 Å². The van der Waals surface area contributed by atoms with Gasteiger partial charge in [0.2, 0.25) is 0 Å². The van der Waals surface area contributed by atoms with Crippen LogP contribution in [0.1, 0.15) is 66.2 Å². The first-order chi connectivity index (χ1) is 8.61. The number of hydrogen-bond donors (Lipinski definition) is 0. The second-order valence-corrected chi connectivity index (χ2v) is 5.31. The summed E-state index contributed by atoms with van der Waals surface area (Å²) in [5, 5.41) is 0. The highest BCUT2D eigenvalue weighted by Gasteiger charge is 2.14. The zero-order valence-corrected chi connectivity index (χ0v) is 12.7. The molecule has 0 bridgehead atoms. The number of unbranched alkanes of at least 4 members (excludes halogenated alkanes) is 5. The van der Waals surface area contributed by atoms with Gasteiger partial charge in [-0.1, -0.05) is 52.9 Å². The predicted molar refractivity (Wildman–Crippen MR) is 76.8 cm³/mol. The van der Waals surface area contributed by atoms with Crippen molar-refractivity contribution in [3.05, 3.63) is 0 Å². The highest BCUT2D eigenvalue weighted by molar-refractivity contribution is 5.67. The molecule has 0 aliphatic carbocycles. The maximum atomic E-state index is 11.7. The summed E-state index contributed by atoms with van der Waals surface area (Å²) in [6, 6.07) is 0. The van der Waals surface area contributed by atoms with E-state index in [4.69, 9.17) is 4.74 Å². The van der Waals surface area contributed by atoms with Crippen LogP contribution in [0.2, 0.25) is 0 Å². The van der Waals surface area contributed by atoms with Crippen LogP contribution in [-0.2, 0) is 4.74 Å². The lowest BCUT2D eigenvalue weighted by Crippen LogP contribution is -2.35. The first-order valence-corrected chi connectivity index (χ1v) is 7.53. The van der Waals surface area contributed by atoms with E-state index in [0.717, 1.165) is 19.5 Å². The summed E-state index contributed by atoms with van der Waals surface area (Å²) >= 11 is 0. The van der Waals surface area contributed by atoms with Crippen LogP contribution < -0.4 is 0 Å². The molecule has 18 heavy (non-hydrogen) atoms. The Balaban J connectivity index is 3.82. The Bertz CT molecular complexity index is 205. The molecule has 3 nitrogen and oxygen atoms in total. The zero-order valence-electron chi connectivity index (χ0n) is 12.7. The fourth-order valence-electron chi connectivity index (χ4n) is 2.00. The van der Waals surface area contributed by atoms with Gasteiger partial charge in [0.25, 0.3) is 0 Å². The van der Waals surface area contributed by atoms with Gasteiger partial charge >= 0.3 is 6.09 Å². The Hall–Kier alpha value is -0.730. The smallest absolute Gasteiger partial charge is 0.409 e. The van der Waals surface area contributed by atoms with Crippen LogP contribution in [-0.4, -0.2) is 30.7 Å². The molecule has 0 saturated carbocycles. The fraction of sp³-hybridized carbons (Fsp3) is 0.933. The summed E-state index contributed by atoms with van der Waals surface area (Å²) in [6.45, 7) is 10.4. The van der Waals surface area contributed by atoms with Gasteiger partial charge in [0, 0.05) is 13.1 Å². The van der Waals surface area contributed by atoms with Gasteiger partial charge in [-0.2, -0.15) is 0 Å². The van der Waals surface area contributed by atoms with Crippen molar-refractivity contribution in [1.29, 1.82) is 0 Å². The Morgan fingerprint density at radius 2 is 1.67 bits per heavy atom. The Morgan fingerprint density at radius 3 is 2.22 bits per heavy atom. The molecule has 0 aromatic rings.